The van der Waals surface area contributed by atoms with Crippen LogP contribution in [0.15, 0.2) is 70.6 Å². The van der Waals surface area contributed by atoms with Gasteiger partial charge in [-0.3, -0.25) is 9.20 Å². The topological polar surface area (TPSA) is 94.1 Å². The molecule has 6 nitrogen and oxygen atoms in total. The molecule has 1 aliphatic heterocycles. The van der Waals surface area contributed by atoms with Crippen LogP contribution in [0.2, 0.25) is 0 Å². The Morgan fingerprint density at radius 1 is 1.22 bits per heavy atom. The number of benzene rings is 2. The monoisotopic (exact) mass is 401 g/mol. The van der Waals surface area contributed by atoms with Gasteiger partial charge in [-0.25, -0.2) is 9.79 Å². The maximum atomic E-state index is 12.5. The summed E-state index contributed by atoms with van der Waals surface area (Å²) < 4.78 is 16.7. The minimum Gasteiger partial charge on any atom is -0.405 e. The zero-order chi connectivity index (χ0) is 19.2. The fourth-order valence-corrected chi connectivity index (χ4v) is 3.91. The lowest BCUT2D eigenvalue weighted by Gasteiger charge is -2.16. The van der Waals surface area contributed by atoms with Crippen molar-refractivity contribution < 1.29 is 13.7 Å². The van der Waals surface area contributed by atoms with Crippen molar-refractivity contribution in [2.75, 3.05) is 11.3 Å². The Kier molecular flexibility index (Phi) is 6.41. The van der Waals surface area contributed by atoms with Gasteiger partial charge in [-0.1, -0.05) is 60.3 Å². The number of carbonyl (C=O) groups excluding carboxylic acids is 1. The van der Waals surface area contributed by atoms with Crippen molar-refractivity contribution in [1.82, 2.24) is 0 Å². The third-order valence-corrected chi connectivity index (χ3v) is 6.00. The van der Waals surface area contributed by atoms with E-state index in [0.717, 1.165) is 11.1 Å². The Balaban J connectivity index is 1.93. The van der Waals surface area contributed by atoms with E-state index in [-0.39, 0.29) is 11.1 Å². The summed E-state index contributed by atoms with van der Waals surface area (Å²) in [5.41, 5.74) is 7.53. The van der Waals surface area contributed by atoms with Crippen LogP contribution >= 0.6 is 11.8 Å². The van der Waals surface area contributed by atoms with Crippen molar-refractivity contribution in [3.8, 4) is 0 Å². The third-order valence-electron chi connectivity index (χ3n) is 3.80. The Hall–Kier alpha value is -2.45. The van der Waals surface area contributed by atoms with Crippen LogP contribution in [0.1, 0.15) is 17.2 Å². The number of hydrogen-bond acceptors (Lipinski definition) is 6. The number of hydrogen-bond donors (Lipinski definition) is 1. The van der Waals surface area contributed by atoms with Crippen LogP contribution in [0.25, 0.3) is 0 Å². The van der Waals surface area contributed by atoms with Crippen LogP contribution in [-0.4, -0.2) is 38.6 Å². The van der Waals surface area contributed by atoms with Crippen molar-refractivity contribution >= 4 is 39.6 Å². The number of ether oxygens (including phenoxy) is 1. The Morgan fingerprint density at radius 3 is 2.48 bits per heavy atom. The summed E-state index contributed by atoms with van der Waals surface area (Å²) in [4.78, 5) is 21.5. The quantitative estimate of drug-likeness (QED) is 0.456. The molecule has 3 rings (SSSR count). The van der Waals surface area contributed by atoms with E-state index < -0.39 is 28.9 Å². The molecule has 0 bridgehead atoms. The summed E-state index contributed by atoms with van der Waals surface area (Å²) in [6, 6.07) is 17.2. The molecule has 27 heavy (non-hydrogen) atoms. The molecule has 0 amide bonds. The predicted octanol–water partition coefficient (Wildman–Crippen LogP) is 2.48. The second-order valence-corrected chi connectivity index (χ2v) is 8.62. The molecule has 2 N–H and O–H groups in total. The fraction of sp³-hybridized carbons (Fsp3) is 0.211. The molecule has 0 spiro atoms. The lowest BCUT2D eigenvalue weighted by atomic mass is 10.0. The van der Waals surface area contributed by atoms with Crippen molar-refractivity contribution in [3.63, 3.8) is 0 Å². The summed E-state index contributed by atoms with van der Waals surface area (Å²) in [6.07, 6.45) is 1.60. The molecule has 0 fully saturated rings. The number of nitrogens with zero attached hydrogens (tertiary/aromatic N) is 2. The van der Waals surface area contributed by atoms with Crippen molar-refractivity contribution in [3.05, 3.63) is 71.8 Å². The molecule has 0 aliphatic carbocycles. The lowest BCUT2D eigenvalue weighted by molar-refractivity contribution is -0.135. The molecular formula is C19H19N3O3S2. The highest BCUT2D eigenvalue weighted by Crippen LogP contribution is 2.29. The largest absolute Gasteiger partial charge is 0.405 e. The fourth-order valence-electron chi connectivity index (χ4n) is 2.57. The van der Waals surface area contributed by atoms with Gasteiger partial charge in [-0.2, -0.15) is 0 Å². The van der Waals surface area contributed by atoms with Crippen LogP contribution in [0.4, 0.5) is 0 Å². The van der Waals surface area contributed by atoms with Crippen molar-refractivity contribution in [2.45, 2.75) is 12.1 Å². The zero-order valence-corrected chi connectivity index (χ0v) is 16.3. The molecule has 140 valence electrons. The molecule has 1 heterocycles. The molecule has 0 aromatic heterocycles. The molecule has 8 heteroatoms. The summed E-state index contributed by atoms with van der Waals surface area (Å²) in [5, 5.41) is 0.597. The Morgan fingerprint density at radius 2 is 1.85 bits per heavy atom. The van der Waals surface area contributed by atoms with Gasteiger partial charge in [0.15, 0.2) is 11.2 Å². The van der Waals surface area contributed by atoms with E-state index in [9.17, 15) is 9.00 Å². The highest BCUT2D eigenvalue weighted by molar-refractivity contribution is 8.20. The first-order valence-electron chi connectivity index (χ1n) is 8.20. The molecule has 0 saturated carbocycles. The molecule has 3 atom stereocenters. The first kappa shape index (κ1) is 19.3. The van der Waals surface area contributed by atoms with Gasteiger partial charge in [0, 0.05) is 22.6 Å². The van der Waals surface area contributed by atoms with Crippen LogP contribution in [-0.2, 0) is 20.3 Å². The highest BCUT2D eigenvalue weighted by Gasteiger charge is 2.37. The molecule has 1 aliphatic rings. The second-order valence-electron chi connectivity index (χ2n) is 5.82. The molecule has 0 radical (unpaired) electrons. The van der Waals surface area contributed by atoms with Gasteiger partial charge in [0.05, 0.1) is 5.08 Å². The van der Waals surface area contributed by atoms with E-state index >= 15 is 0 Å². The first-order chi connectivity index (χ1) is 13.0. The minimum absolute atomic E-state index is 0.259. The number of thioether (sulfide) groups is 1. The van der Waals surface area contributed by atoms with Crippen molar-refractivity contribution in [2.24, 2.45) is 15.7 Å². The Bertz CT molecular complexity index is 886. The highest BCUT2D eigenvalue weighted by atomic mass is 32.2. The average Bonchev–Trinajstić information content (AvgIpc) is 3.07. The summed E-state index contributed by atoms with van der Waals surface area (Å²) in [5.74, 6) is -0.189. The normalized spacial score (nSPS) is 19.3. The maximum absolute atomic E-state index is 12.5. The summed E-state index contributed by atoms with van der Waals surface area (Å²) >= 11 is 1.19. The van der Waals surface area contributed by atoms with E-state index in [4.69, 9.17) is 10.5 Å². The predicted molar refractivity (Wildman–Crippen MR) is 110 cm³/mol. The molecule has 2 aromatic carbocycles. The van der Waals surface area contributed by atoms with Gasteiger partial charge in [0.25, 0.3) is 0 Å². The number of rotatable bonds is 6. The standard InChI is InChI=1S/C19H19N3O3S2/c1-27(24)12-26-19(20)22-15(13-8-4-2-5-9-13)16-18(23)25-17(21-16)14-10-6-3-7-11-14/h2-11,15-16H,12H2,1H3,(H2,20,22)/t15-,16+,27?/m1/s1. The van der Waals surface area contributed by atoms with E-state index in [1.54, 1.807) is 6.26 Å². The first-order valence-corrected chi connectivity index (χ1v) is 10.9. The number of nitrogens with two attached hydrogens (primary N) is 1. The third kappa shape index (κ3) is 5.05. The van der Waals surface area contributed by atoms with Gasteiger partial charge in [-0.15, -0.1) is 0 Å². The van der Waals surface area contributed by atoms with Gasteiger partial charge < -0.3 is 10.5 Å². The van der Waals surface area contributed by atoms with E-state index in [1.165, 1.54) is 11.8 Å². The Labute approximate surface area is 164 Å². The van der Waals surface area contributed by atoms with Crippen LogP contribution in [0.3, 0.4) is 0 Å². The average molecular weight is 402 g/mol. The molecule has 0 saturated heterocycles. The van der Waals surface area contributed by atoms with Gasteiger partial charge in [0.1, 0.15) is 6.04 Å². The summed E-state index contributed by atoms with van der Waals surface area (Å²) in [7, 11) is -1.00. The zero-order valence-electron chi connectivity index (χ0n) is 14.6. The summed E-state index contributed by atoms with van der Waals surface area (Å²) in [6.45, 7) is 0. The number of carbonyl (C=O) groups is 1. The number of aliphatic imine (C=N–C) groups is 2. The van der Waals surface area contributed by atoms with E-state index in [0.29, 0.717) is 5.08 Å². The molecule has 1 unspecified atom stereocenters. The van der Waals surface area contributed by atoms with Gasteiger partial charge in [-0.05, 0) is 17.7 Å². The second kappa shape index (κ2) is 8.96. The van der Waals surface area contributed by atoms with E-state index in [1.807, 2.05) is 60.7 Å². The number of esters is 1. The van der Waals surface area contributed by atoms with E-state index in [2.05, 4.69) is 9.98 Å². The smallest absolute Gasteiger partial charge is 0.340 e. The minimum atomic E-state index is -1.00. The van der Waals surface area contributed by atoms with Crippen LogP contribution in [0.5, 0.6) is 0 Å². The number of cyclic esters (lactones) is 1. The lowest BCUT2D eigenvalue weighted by Crippen LogP contribution is -2.24. The number of amidine groups is 1. The van der Waals surface area contributed by atoms with Gasteiger partial charge >= 0.3 is 5.97 Å². The molecule has 2 aromatic rings. The SMILES string of the molecule is CS(=O)CSC(N)=N[C@H](c1ccccc1)[C@@H]1N=C(c2ccccc2)OC1=O. The molecular weight excluding hydrogens is 382 g/mol. The van der Waals surface area contributed by atoms with Crippen molar-refractivity contribution in [1.29, 1.82) is 0 Å². The van der Waals surface area contributed by atoms with Gasteiger partial charge in [0.2, 0.25) is 5.90 Å². The van der Waals surface area contributed by atoms with Crippen LogP contribution < -0.4 is 5.73 Å². The van der Waals surface area contributed by atoms with Crippen LogP contribution in [0, 0.1) is 0 Å². The maximum Gasteiger partial charge on any atom is 0.340 e.